The first kappa shape index (κ1) is 20.9. The van der Waals surface area contributed by atoms with Crippen molar-refractivity contribution in [3.05, 3.63) is 42.1 Å². The number of anilines is 2. The molecule has 0 bridgehead atoms. The summed E-state index contributed by atoms with van der Waals surface area (Å²) in [6.45, 7) is 3.44. The van der Waals surface area contributed by atoms with Gasteiger partial charge in [0.1, 0.15) is 17.0 Å². The molecule has 1 aliphatic rings. The summed E-state index contributed by atoms with van der Waals surface area (Å²) in [5, 5.41) is 20.9. The number of benzene rings is 1. The molecule has 29 heavy (non-hydrogen) atoms. The van der Waals surface area contributed by atoms with Gasteiger partial charge in [-0.15, -0.1) is 0 Å². The number of aliphatic carboxylic acids is 1. The zero-order chi connectivity index (χ0) is 21.0. The lowest BCUT2D eigenvalue weighted by molar-refractivity contribution is -0.157. The van der Waals surface area contributed by atoms with E-state index in [-0.39, 0.29) is 13.0 Å². The summed E-state index contributed by atoms with van der Waals surface area (Å²) in [5.41, 5.74) is -0.561. The highest BCUT2D eigenvalue weighted by atomic mass is 16.5. The number of carbonyl (C=O) groups is 1. The maximum Gasteiger partial charge on any atom is 0.314 e. The molecule has 1 aliphatic heterocycles. The van der Waals surface area contributed by atoms with Crippen molar-refractivity contribution in [2.45, 2.75) is 25.9 Å². The Balaban J connectivity index is 1.92. The van der Waals surface area contributed by atoms with Gasteiger partial charge in [0.05, 0.1) is 13.2 Å². The minimum Gasteiger partial charge on any atom is -0.497 e. The van der Waals surface area contributed by atoms with Crippen LogP contribution in [0.15, 0.2) is 36.5 Å². The van der Waals surface area contributed by atoms with Crippen LogP contribution >= 0.6 is 0 Å². The minimum atomic E-state index is -1.36. The van der Waals surface area contributed by atoms with Gasteiger partial charge >= 0.3 is 5.97 Å². The molecule has 2 atom stereocenters. The predicted molar refractivity (Wildman–Crippen MR) is 111 cm³/mol. The fourth-order valence-corrected chi connectivity index (χ4v) is 3.72. The first-order chi connectivity index (χ1) is 13.9. The summed E-state index contributed by atoms with van der Waals surface area (Å²) in [6.07, 6.45) is 1.22. The quantitative estimate of drug-likeness (QED) is 0.726. The number of aliphatic hydroxyl groups is 1. The Hall–Kier alpha value is -2.87. The normalized spacial score (nSPS) is 21.7. The summed E-state index contributed by atoms with van der Waals surface area (Å²) >= 11 is 0. The average Bonchev–Trinajstić information content (AvgIpc) is 2.74. The molecule has 1 saturated heterocycles. The van der Waals surface area contributed by atoms with Crippen molar-refractivity contribution in [3.63, 3.8) is 0 Å². The molecule has 0 amide bonds. The Labute approximate surface area is 170 Å². The maximum absolute atomic E-state index is 12.4. The molecule has 8 nitrogen and oxygen atoms in total. The molecular formula is C21H28N4O4. The van der Waals surface area contributed by atoms with Gasteiger partial charge in [-0.25, -0.2) is 4.98 Å². The SMILES string of the molecule is CCN(C)c1ccnc(N2CC[C@@H](O)[C@](Cc3cccc(OC)c3)(C(=O)O)C2)n1. The molecule has 1 fully saturated rings. The fraction of sp³-hybridized carbons (Fsp3) is 0.476. The molecule has 2 N–H and O–H groups in total. The molecule has 0 unspecified atom stereocenters. The van der Waals surface area contributed by atoms with Crippen LogP contribution in [0.4, 0.5) is 11.8 Å². The van der Waals surface area contributed by atoms with Crippen LogP contribution in [0.1, 0.15) is 18.9 Å². The minimum absolute atomic E-state index is 0.125. The second-order valence-corrected chi connectivity index (χ2v) is 7.44. The van der Waals surface area contributed by atoms with Gasteiger partial charge in [0.25, 0.3) is 0 Å². The van der Waals surface area contributed by atoms with Gasteiger partial charge in [-0.3, -0.25) is 4.79 Å². The van der Waals surface area contributed by atoms with Gasteiger partial charge in [-0.1, -0.05) is 12.1 Å². The van der Waals surface area contributed by atoms with E-state index in [0.29, 0.717) is 24.7 Å². The highest BCUT2D eigenvalue weighted by molar-refractivity contribution is 5.77. The number of hydrogen-bond donors (Lipinski definition) is 2. The van der Waals surface area contributed by atoms with E-state index in [0.717, 1.165) is 17.9 Å². The van der Waals surface area contributed by atoms with E-state index in [4.69, 9.17) is 4.74 Å². The summed E-state index contributed by atoms with van der Waals surface area (Å²) in [7, 11) is 3.51. The number of rotatable bonds is 7. The third-order valence-electron chi connectivity index (χ3n) is 5.64. The molecule has 0 radical (unpaired) electrons. The van der Waals surface area contributed by atoms with Gasteiger partial charge < -0.3 is 24.7 Å². The molecule has 0 saturated carbocycles. The van der Waals surface area contributed by atoms with Gasteiger partial charge in [0.2, 0.25) is 5.95 Å². The second-order valence-electron chi connectivity index (χ2n) is 7.44. The van der Waals surface area contributed by atoms with Crippen LogP contribution in [0, 0.1) is 5.41 Å². The molecule has 2 heterocycles. The lowest BCUT2D eigenvalue weighted by Gasteiger charge is -2.43. The van der Waals surface area contributed by atoms with Crippen LogP contribution in [-0.2, 0) is 11.2 Å². The molecule has 8 heteroatoms. The summed E-state index contributed by atoms with van der Waals surface area (Å²) in [4.78, 5) is 25.2. The summed E-state index contributed by atoms with van der Waals surface area (Å²) in [6, 6.07) is 9.12. The lowest BCUT2D eigenvalue weighted by atomic mass is 9.73. The van der Waals surface area contributed by atoms with Crippen molar-refractivity contribution in [2.75, 3.05) is 43.6 Å². The van der Waals surface area contributed by atoms with Crippen LogP contribution < -0.4 is 14.5 Å². The van der Waals surface area contributed by atoms with Gasteiger partial charge in [0, 0.05) is 32.9 Å². The van der Waals surface area contributed by atoms with Crippen molar-refractivity contribution in [3.8, 4) is 5.75 Å². The molecule has 1 aromatic heterocycles. The zero-order valence-electron chi connectivity index (χ0n) is 17.1. The Kier molecular flexibility index (Phi) is 6.22. The van der Waals surface area contributed by atoms with Gasteiger partial charge in [0.15, 0.2) is 0 Å². The number of nitrogens with zero attached hydrogens (tertiary/aromatic N) is 4. The second kappa shape index (κ2) is 8.65. The standard InChI is InChI=1S/C21H28N4O4/c1-4-24(2)18-8-10-22-20(23-18)25-11-9-17(26)21(14-25,19(27)28)13-15-6-5-7-16(12-15)29-3/h5-8,10,12,17,26H,4,9,11,13-14H2,1-3H3,(H,27,28)/t17-,21-/m1/s1. The van der Waals surface area contributed by atoms with Crippen molar-refractivity contribution in [2.24, 2.45) is 5.41 Å². The summed E-state index contributed by atoms with van der Waals surface area (Å²) < 4.78 is 5.26. The number of aliphatic hydroxyl groups excluding tert-OH is 1. The predicted octanol–water partition coefficient (Wildman–Crippen LogP) is 1.83. The van der Waals surface area contributed by atoms with E-state index in [9.17, 15) is 15.0 Å². The monoisotopic (exact) mass is 400 g/mol. The molecule has 3 rings (SSSR count). The molecule has 0 spiro atoms. The third kappa shape index (κ3) is 4.27. The van der Waals surface area contributed by atoms with Crippen LogP contribution in [0.2, 0.25) is 0 Å². The summed E-state index contributed by atoms with van der Waals surface area (Å²) in [5.74, 6) is 0.881. The Morgan fingerprint density at radius 2 is 2.21 bits per heavy atom. The molecular weight excluding hydrogens is 372 g/mol. The fourth-order valence-electron chi connectivity index (χ4n) is 3.72. The first-order valence-corrected chi connectivity index (χ1v) is 9.73. The van der Waals surface area contributed by atoms with Crippen molar-refractivity contribution in [1.82, 2.24) is 9.97 Å². The van der Waals surface area contributed by atoms with E-state index in [1.165, 1.54) is 0 Å². The molecule has 156 valence electrons. The van der Waals surface area contributed by atoms with E-state index < -0.39 is 17.5 Å². The topological polar surface area (TPSA) is 99.0 Å². The largest absolute Gasteiger partial charge is 0.497 e. The van der Waals surface area contributed by atoms with Crippen molar-refractivity contribution < 1.29 is 19.7 Å². The number of carboxylic acids is 1. The Morgan fingerprint density at radius 1 is 1.41 bits per heavy atom. The van der Waals surface area contributed by atoms with Gasteiger partial charge in [-0.2, -0.15) is 4.98 Å². The maximum atomic E-state index is 12.4. The molecule has 0 aliphatic carbocycles. The number of methoxy groups -OCH3 is 1. The zero-order valence-corrected chi connectivity index (χ0v) is 17.1. The highest BCUT2D eigenvalue weighted by Gasteiger charge is 2.49. The number of hydrogen-bond acceptors (Lipinski definition) is 7. The van der Waals surface area contributed by atoms with Crippen LogP contribution in [-0.4, -0.2) is 66.0 Å². The van der Waals surface area contributed by atoms with Crippen LogP contribution in [0.5, 0.6) is 5.75 Å². The van der Waals surface area contributed by atoms with Crippen LogP contribution in [0.25, 0.3) is 0 Å². The van der Waals surface area contributed by atoms with Gasteiger partial charge in [-0.05, 0) is 43.5 Å². The average molecular weight is 400 g/mol. The Bertz CT molecular complexity index is 862. The van der Waals surface area contributed by atoms with Crippen LogP contribution in [0.3, 0.4) is 0 Å². The number of piperidine rings is 1. The first-order valence-electron chi connectivity index (χ1n) is 9.73. The molecule has 2 aromatic rings. The smallest absolute Gasteiger partial charge is 0.314 e. The molecule has 1 aromatic carbocycles. The highest BCUT2D eigenvalue weighted by Crippen LogP contribution is 2.36. The van der Waals surface area contributed by atoms with E-state index in [1.54, 1.807) is 13.3 Å². The number of aromatic nitrogens is 2. The van der Waals surface area contributed by atoms with E-state index in [2.05, 4.69) is 9.97 Å². The Morgan fingerprint density at radius 3 is 2.90 bits per heavy atom. The lowest BCUT2D eigenvalue weighted by Crippen LogP contribution is -2.57. The number of ether oxygens (including phenoxy) is 1. The third-order valence-corrected chi connectivity index (χ3v) is 5.64. The van der Waals surface area contributed by atoms with E-state index in [1.807, 2.05) is 54.1 Å². The number of carboxylic acid groups (broad SMARTS) is 1. The van der Waals surface area contributed by atoms with Crippen molar-refractivity contribution in [1.29, 1.82) is 0 Å². The van der Waals surface area contributed by atoms with Crippen molar-refractivity contribution >= 4 is 17.7 Å². The van der Waals surface area contributed by atoms with E-state index >= 15 is 0 Å².